The molecule has 4 rings (SSSR count). The Morgan fingerprint density at radius 2 is 1.45 bits per heavy atom. The first-order chi connectivity index (χ1) is 10.9. The first-order valence-corrected chi connectivity index (χ1v) is 7.90. The largest absolute Gasteiger partial charge is 0.378 e. The van der Waals surface area contributed by atoms with Gasteiger partial charge in [0.15, 0.2) is 0 Å². The van der Waals surface area contributed by atoms with Crippen molar-refractivity contribution in [2.24, 2.45) is 0 Å². The zero-order chi connectivity index (χ0) is 14.8. The Hall–Kier alpha value is -2.54. The Morgan fingerprint density at radius 1 is 0.727 bits per heavy atom. The molecular formula is C21H19N. The van der Waals surface area contributed by atoms with Crippen LogP contribution >= 0.6 is 0 Å². The van der Waals surface area contributed by atoms with E-state index in [1.54, 1.807) is 0 Å². The molecule has 0 radical (unpaired) electrons. The van der Waals surface area contributed by atoms with Crippen LogP contribution in [0.3, 0.4) is 0 Å². The summed E-state index contributed by atoms with van der Waals surface area (Å²) >= 11 is 0. The number of anilines is 1. The molecule has 0 fully saturated rings. The molecule has 1 heteroatoms. The zero-order valence-corrected chi connectivity index (χ0v) is 12.5. The van der Waals surface area contributed by atoms with Crippen LogP contribution in [0.5, 0.6) is 0 Å². The van der Waals surface area contributed by atoms with Crippen molar-refractivity contribution in [1.29, 1.82) is 0 Å². The SMILES string of the molecule is c1ccc(-c2ccc3c(c2)CC[C@@H](c2ccccc2)N3)cc1. The Balaban J connectivity index is 1.62. The summed E-state index contributed by atoms with van der Waals surface area (Å²) in [6.45, 7) is 0. The van der Waals surface area contributed by atoms with E-state index in [4.69, 9.17) is 0 Å². The van der Waals surface area contributed by atoms with E-state index in [1.165, 1.54) is 27.9 Å². The van der Waals surface area contributed by atoms with Gasteiger partial charge in [0, 0.05) is 5.69 Å². The molecule has 108 valence electrons. The lowest BCUT2D eigenvalue weighted by Gasteiger charge is -2.28. The zero-order valence-electron chi connectivity index (χ0n) is 12.5. The summed E-state index contributed by atoms with van der Waals surface area (Å²) in [6.07, 6.45) is 2.28. The lowest BCUT2D eigenvalue weighted by molar-refractivity contribution is 0.668. The summed E-state index contributed by atoms with van der Waals surface area (Å²) in [5.41, 5.74) is 6.67. The molecule has 1 heterocycles. The minimum atomic E-state index is 0.427. The second-order valence-corrected chi connectivity index (χ2v) is 5.88. The van der Waals surface area contributed by atoms with Crippen molar-refractivity contribution in [3.05, 3.63) is 90.0 Å². The van der Waals surface area contributed by atoms with Crippen molar-refractivity contribution < 1.29 is 0 Å². The summed E-state index contributed by atoms with van der Waals surface area (Å²) in [6, 6.07) is 28.5. The average molecular weight is 285 g/mol. The van der Waals surface area contributed by atoms with E-state index >= 15 is 0 Å². The van der Waals surface area contributed by atoms with Crippen molar-refractivity contribution >= 4 is 5.69 Å². The average Bonchev–Trinajstić information content (AvgIpc) is 2.62. The van der Waals surface area contributed by atoms with Gasteiger partial charge in [-0.05, 0) is 47.2 Å². The van der Waals surface area contributed by atoms with Crippen LogP contribution in [0.25, 0.3) is 11.1 Å². The summed E-state index contributed by atoms with van der Waals surface area (Å²) < 4.78 is 0. The van der Waals surface area contributed by atoms with Gasteiger partial charge in [0.25, 0.3) is 0 Å². The molecule has 1 atom stereocenters. The summed E-state index contributed by atoms with van der Waals surface area (Å²) in [7, 11) is 0. The van der Waals surface area contributed by atoms with E-state index in [2.05, 4.69) is 84.2 Å². The smallest absolute Gasteiger partial charge is 0.0517 e. The van der Waals surface area contributed by atoms with Crippen LogP contribution in [0.1, 0.15) is 23.6 Å². The van der Waals surface area contributed by atoms with Crippen LogP contribution in [0.2, 0.25) is 0 Å². The number of rotatable bonds is 2. The molecule has 0 amide bonds. The van der Waals surface area contributed by atoms with Gasteiger partial charge in [0.1, 0.15) is 0 Å². The molecule has 0 aliphatic carbocycles. The van der Waals surface area contributed by atoms with Gasteiger partial charge in [0.05, 0.1) is 6.04 Å². The Labute approximate surface area is 131 Å². The number of benzene rings is 3. The van der Waals surface area contributed by atoms with Crippen LogP contribution in [0.4, 0.5) is 5.69 Å². The quantitative estimate of drug-likeness (QED) is 0.660. The molecule has 0 aromatic heterocycles. The van der Waals surface area contributed by atoms with E-state index < -0.39 is 0 Å². The van der Waals surface area contributed by atoms with Gasteiger partial charge >= 0.3 is 0 Å². The number of aryl methyl sites for hydroxylation is 1. The minimum absolute atomic E-state index is 0.427. The van der Waals surface area contributed by atoms with Crippen LogP contribution < -0.4 is 5.32 Å². The molecule has 3 aromatic carbocycles. The van der Waals surface area contributed by atoms with Crippen molar-refractivity contribution in [2.45, 2.75) is 18.9 Å². The van der Waals surface area contributed by atoms with Crippen molar-refractivity contribution in [2.75, 3.05) is 5.32 Å². The number of nitrogens with one attached hydrogen (secondary N) is 1. The molecule has 1 N–H and O–H groups in total. The first-order valence-electron chi connectivity index (χ1n) is 7.90. The highest BCUT2D eigenvalue weighted by Gasteiger charge is 2.19. The molecule has 3 aromatic rings. The fourth-order valence-electron chi connectivity index (χ4n) is 3.25. The third kappa shape index (κ3) is 2.50. The van der Waals surface area contributed by atoms with Crippen LogP contribution in [-0.4, -0.2) is 0 Å². The van der Waals surface area contributed by atoms with Crippen molar-refractivity contribution in [3.8, 4) is 11.1 Å². The maximum atomic E-state index is 3.69. The molecule has 1 nitrogen and oxygen atoms in total. The van der Waals surface area contributed by atoms with Gasteiger partial charge in [-0.2, -0.15) is 0 Å². The third-order valence-electron chi connectivity index (χ3n) is 4.45. The molecule has 0 spiro atoms. The molecule has 1 aliphatic heterocycles. The maximum absolute atomic E-state index is 3.69. The second-order valence-electron chi connectivity index (χ2n) is 5.88. The Bertz CT molecular complexity index is 762. The highest BCUT2D eigenvalue weighted by atomic mass is 14.9. The predicted octanol–water partition coefficient (Wildman–Crippen LogP) is 5.45. The van der Waals surface area contributed by atoms with E-state index in [0.29, 0.717) is 6.04 Å². The minimum Gasteiger partial charge on any atom is -0.378 e. The highest BCUT2D eigenvalue weighted by molar-refractivity contribution is 5.69. The van der Waals surface area contributed by atoms with E-state index in [1.807, 2.05) is 0 Å². The van der Waals surface area contributed by atoms with Gasteiger partial charge in [-0.1, -0.05) is 66.7 Å². The first kappa shape index (κ1) is 13.1. The number of hydrogen-bond acceptors (Lipinski definition) is 1. The fraction of sp³-hybridized carbons (Fsp3) is 0.143. The van der Waals surface area contributed by atoms with Crippen LogP contribution in [0.15, 0.2) is 78.9 Å². The van der Waals surface area contributed by atoms with Crippen molar-refractivity contribution in [1.82, 2.24) is 0 Å². The molecule has 1 aliphatic rings. The molecule has 0 saturated heterocycles. The Morgan fingerprint density at radius 3 is 2.23 bits per heavy atom. The summed E-state index contributed by atoms with van der Waals surface area (Å²) in [5, 5.41) is 3.69. The lowest BCUT2D eigenvalue weighted by atomic mass is 9.91. The summed E-state index contributed by atoms with van der Waals surface area (Å²) in [5.74, 6) is 0. The summed E-state index contributed by atoms with van der Waals surface area (Å²) in [4.78, 5) is 0. The maximum Gasteiger partial charge on any atom is 0.0517 e. The topological polar surface area (TPSA) is 12.0 Å². The predicted molar refractivity (Wildman–Crippen MR) is 93.0 cm³/mol. The monoisotopic (exact) mass is 285 g/mol. The highest BCUT2D eigenvalue weighted by Crippen LogP contribution is 2.34. The molecule has 0 bridgehead atoms. The molecular weight excluding hydrogens is 266 g/mol. The molecule has 0 saturated carbocycles. The van der Waals surface area contributed by atoms with Gasteiger partial charge < -0.3 is 5.32 Å². The number of fused-ring (bicyclic) bond motifs is 1. The van der Waals surface area contributed by atoms with Gasteiger partial charge in [-0.3, -0.25) is 0 Å². The van der Waals surface area contributed by atoms with Gasteiger partial charge in [-0.15, -0.1) is 0 Å². The molecule has 0 unspecified atom stereocenters. The fourth-order valence-corrected chi connectivity index (χ4v) is 3.25. The van der Waals surface area contributed by atoms with Crippen LogP contribution in [0, 0.1) is 0 Å². The molecule has 22 heavy (non-hydrogen) atoms. The van der Waals surface area contributed by atoms with Gasteiger partial charge in [-0.25, -0.2) is 0 Å². The van der Waals surface area contributed by atoms with E-state index in [9.17, 15) is 0 Å². The number of hydrogen-bond donors (Lipinski definition) is 1. The van der Waals surface area contributed by atoms with E-state index in [-0.39, 0.29) is 0 Å². The van der Waals surface area contributed by atoms with Crippen molar-refractivity contribution in [3.63, 3.8) is 0 Å². The van der Waals surface area contributed by atoms with Gasteiger partial charge in [0.2, 0.25) is 0 Å². The van der Waals surface area contributed by atoms with E-state index in [0.717, 1.165) is 12.8 Å². The standard InChI is InChI=1S/C21H19N/c1-3-7-16(8-4-1)18-11-13-21-19(15-18)12-14-20(22-21)17-9-5-2-6-10-17/h1-11,13,15,20,22H,12,14H2/t20-/m0/s1. The third-order valence-corrected chi connectivity index (χ3v) is 4.45. The van der Waals surface area contributed by atoms with Crippen LogP contribution in [-0.2, 0) is 6.42 Å². The second kappa shape index (κ2) is 5.69. The Kier molecular flexibility index (Phi) is 3.40. The lowest BCUT2D eigenvalue weighted by Crippen LogP contribution is -2.17. The normalized spacial score (nSPS) is 16.6.